The van der Waals surface area contributed by atoms with Crippen LogP contribution in [-0.2, 0) is 6.54 Å². The van der Waals surface area contributed by atoms with Crippen molar-refractivity contribution in [2.24, 2.45) is 0 Å². The molecule has 3 aromatic carbocycles. The molecule has 5 heteroatoms. The van der Waals surface area contributed by atoms with Crippen LogP contribution in [0.4, 0.5) is 5.82 Å². The van der Waals surface area contributed by atoms with Crippen molar-refractivity contribution in [3.8, 4) is 16.9 Å². The van der Waals surface area contributed by atoms with Crippen molar-refractivity contribution in [1.82, 2.24) is 5.16 Å². The maximum atomic E-state index is 10.0. The maximum Gasteiger partial charge on any atom is 0.177 e. The number of para-hydroxylation sites is 1. The fourth-order valence-corrected chi connectivity index (χ4v) is 3.00. The van der Waals surface area contributed by atoms with Gasteiger partial charge in [-0.3, -0.25) is 0 Å². The molecule has 0 aliphatic heterocycles. The second-order valence-electron chi connectivity index (χ2n) is 5.74. The molecule has 0 aliphatic carbocycles. The lowest BCUT2D eigenvalue weighted by molar-refractivity contribution is 0.459. The molecule has 0 amide bonds. The summed E-state index contributed by atoms with van der Waals surface area (Å²) in [5, 5.41) is 19.0. The highest BCUT2D eigenvalue weighted by molar-refractivity contribution is 6.30. The third-order valence-electron chi connectivity index (χ3n) is 4.04. The van der Waals surface area contributed by atoms with Crippen LogP contribution in [0.1, 0.15) is 5.56 Å². The molecule has 2 N–H and O–H groups in total. The number of phenols is 1. The Kier molecular flexibility index (Phi) is 4.04. The summed E-state index contributed by atoms with van der Waals surface area (Å²) < 4.78 is 5.44. The summed E-state index contributed by atoms with van der Waals surface area (Å²) in [4.78, 5) is 0. The summed E-state index contributed by atoms with van der Waals surface area (Å²) in [6.07, 6.45) is 0. The third kappa shape index (κ3) is 3.16. The number of nitrogens with zero attached hydrogens (tertiary/aromatic N) is 1. The predicted octanol–water partition coefficient (Wildman–Crippen LogP) is 5.47. The number of hydrogen-bond acceptors (Lipinski definition) is 4. The molecule has 0 unspecified atom stereocenters. The Labute approximate surface area is 149 Å². The van der Waals surface area contributed by atoms with E-state index in [9.17, 15) is 5.11 Å². The van der Waals surface area contributed by atoms with Gasteiger partial charge in [0, 0.05) is 17.1 Å². The first-order valence-electron chi connectivity index (χ1n) is 7.87. The predicted molar refractivity (Wildman–Crippen MR) is 99.9 cm³/mol. The number of rotatable bonds is 4. The minimum Gasteiger partial charge on any atom is -0.507 e. The van der Waals surface area contributed by atoms with Gasteiger partial charge in [-0.2, -0.15) is 0 Å². The van der Waals surface area contributed by atoms with Crippen molar-refractivity contribution in [3.05, 3.63) is 77.3 Å². The fraction of sp³-hybridized carbons (Fsp3) is 0.0500. The number of phenolic OH excluding ortho intramolecular Hbond substituents is 1. The molecule has 25 heavy (non-hydrogen) atoms. The minimum atomic E-state index is 0.237. The van der Waals surface area contributed by atoms with Gasteiger partial charge in [-0.25, -0.2) is 0 Å². The van der Waals surface area contributed by atoms with Crippen LogP contribution in [0.2, 0.25) is 5.02 Å². The van der Waals surface area contributed by atoms with Crippen molar-refractivity contribution >= 4 is 28.4 Å². The number of halogens is 1. The molecule has 4 nitrogen and oxygen atoms in total. The van der Waals surface area contributed by atoms with Gasteiger partial charge in [0.1, 0.15) is 5.75 Å². The van der Waals surface area contributed by atoms with E-state index in [2.05, 4.69) is 10.5 Å². The van der Waals surface area contributed by atoms with Gasteiger partial charge in [-0.15, -0.1) is 0 Å². The third-order valence-corrected chi connectivity index (χ3v) is 4.27. The zero-order valence-corrected chi connectivity index (χ0v) is 14.0. The van der Waals surface area contributed by atoms with Crippen LogP contribution >= 0.6 is 11.6 Å². The molecule has 124 valence electrons. The van der Waals surface area contributed by atoms with E-state index in [1.807, 2.05) is 54.6 Å². The molecule has 0 spiro atoms. The quantitative estimate of drug-likeness (QED) is 0.512. The number of anilines is 1. The minimum absolute atomic E-state index is 0.237. The average Bonchev–Trinajstić information content (AvgIpc) is 3.03. The Morgan fingerprint density at radius 3 is 2.72 bits per heavy atom. The highest BCUT2D eigenvalue weighted by Gasteiger charge is 2.11. The molecule has 0 atom stereocenters. The van der Waals surface area contributed by atoms with Crippen LogP contribution in [0.5, 0.6) is 5.75 Å². The van der Waals surface area contributed by atoms with Crippen LogP contribution < -0.4 is 5.32 Å². The van der Waals surface area contributed by atoms with E-state index in [1.54, 1.807) is 12.1 Å². The number of nitrogens with one attached hydrogen (secondary N) is 1. The highest BCUT2D eigenvalue weighted by Crippen LogP contribution is 2.33. The number of hydrogen-bond donors (Lipinski definition) is 2. The highest BCUT2D eigenvalue weighted by atomic mass is 35.5. The molecule has 1 heterocycles. The summed E-state index contributed by atoms with van der Waals surface area (Å²) >= 11 is 6.01. The smallest absolute Gasteiger partial charge is 0.177 e. The fourth-order valence-electron chi connectivity index (χ4n) is 2.78. The van der Waals surface area contributed by atoms with E-state index in [0.717, 1.165) is 22.1 Å². The number of benzene rings is 3. The van der Waals surface area contributed by atoms with Crippen LogP contribution in [0.15, 0.2) is 71.3 Å². The Bertz CT molecular complexity index is 1040. The first-order chi connectivity index (χ1) is 12.2. The van der Waals surface area contributed by atoms with Crippen molar-refractivity contribution in [1.29, 1.82) is 0 Å². The van der Waals surface area contributed by atoms with Gasteiger partial charge in [0.15, 0.2) is 11.4 Å². The molecular formula is C20H15ClN2O2. The lowest BCUT2D eigenvalue weighted by Crippen LogP contribution is -1.99. The lowest BCUT2D eigenvalue weighted by Gasteiger charge is -2.05. The normalized spacial score (nSPS) is 10.9. The maximum absolute atomic E-state index is 10.0. The van der Waals surface area contributed by atoms with Gasteiger partial charge >= 0.3 is 0 Å². The van der Waals surface area contributed by atoms with Crippen molar-refractivity contribution < 1.29 is 9.63 Å². The van der Waals surface area contributed by atoms with Crippen molar-refractivity contribution in [2.75, 3.05) is 5.32 Å². The van der Waals surface area contributed by atoms with E-state index in [4.69, 9.17) is 16.1 Å². The van der Waals surface area contributed by atoms with E-state index < -0.39 is 0 Å². The zero-order valence-electron chi connectivity index (χ0n) is 13.2. The molecule has 0 radical (unpaired) electrons. The number of fused-ring (bicyclic) bond motifs is 1. The van der Waals surface area contributed by atoms with E-state index in [1.165, 1.54) is 0 Å². The van der Waals surface area contributed by atoms with Crippen LogP contribution in [0.3, 0.4) is 0 Å². The lowest BCUT2D eigenvalue weighted by atomic mass is 10.0. The molecule has 0 bridgehead atoms. The number of aromatic hydroxyl groups is 1. The summed E-state index contributed by atoms with van der Waals surface area (Å²) in [5.41, 5.74) is 3.36. The molecular weight excluding hydrogens is 336 g/mol. The number of aromatic nitrogens is 1. The second-order valence-corrected chi connectivity index (χ2v) is 6.18. The molecule has 0 saturated carbocycles. The molecule has 4 aromatic rings. The Balaban J connectivity index is 1.61. The average molecular weight is 351 g/mol. The largest absolute Gasteiger partial charge is 0.507 e. The van der Waals surface area contributed by atoms with Crippen LogP contribution in [0.25, 0.3) is 22.1 Å². The van der Waals surface area contributed by atoms with Crippen LogP contribution in [-0.4, -0.2) is 10.3 Å². The first kappa shape index (κ1) is 15.5. The van der Waals surface area contributed by atoms with Gasteiger partial charge in [-0.05, 0) is 41.5 Å². The standard InChI is InChI=1S/C20H15ClN2O2/c21-15-5-3-4-13(10-15)12-22-20-17-9-8-14(11-19(17)25-23-20)16-6-1-2-7-18(16)24/h1-11,24H,12H2,(H,22,23). The summed E-state index contributed by atoms with van der Waals surface area (Å²) in [6.45, 7) is 0.601. The topological polar surface area (TPSA) is 58.3 Å². The van der Waals surface area contributed by atoms with Gasteiger partial charge < -0.3 is 14.9 Å². The van der Waals surface area contributed by atoms with Crippen LogP contribution in [0, 0.1) is 0 Å². The summed E-state index contributed by atoms with van der Waals surface area (Å²) in [7, 11) is 0. The van der Waals surface area contributed by atoms with Gasteiger partial charge in [0.2, 0.25) is 0 Å². The molecule has 0 aliphatic rings. The second kappa shape index (κ2) is 6.49. The zero-order chi connectivity index (χ0) is 17.2. The van der Waals surface area contributed by atoms with Crippen molar-refractivity contribution in [2.45, 2.75) is 6.54 Å². The summed E-state index contributed by atoms with van der Waals surface area (Å²) in [6, 6.07) is 20.6. The first-order valence-corrected chi connectivity index (χ1v) is 8.24. The Morgan fingerprint density at radius 2 is 1.88 bits per heavy atom. The van der Waals surface area contributed by atoms with E-state index >= 15 is 0 Å². The molecule has 4 rings (SSSR count). The molecule has 0 fully saturated rings. The Morgan fingerprint density at radius 1 is 1.00 bits per heavy atom. The van der Waals surface area contributed by atoms with Crippen molar-refractivity contribution in [3.63, 3.8) is 0 Å². The van der Waals surface area contributed by atoms with Gasteiger partial charge in [-0.1, -0.05) is 53.2 Å². The molecule has 0 saturated heterocycles. The molecule has 1 aromatic heterocycles. The SMILES string of the molecule is Oc1ccccc1-c1ccc2c(NCc3cccc(Cl)c3)noc2c1. The Hall–Kier alpha value is -2.98. The summed E-state index contributed by atoms with van der Waals surface area (Å²) in [5.74, 6) is 0.916. The van der Waals surface area contributed by atoms with E-state index in [-0.39, 0.29) is 5.75 Å². The van der Waals surface area contributed by atoms with Gasteiger partial charge in [0.05, 0.1) is 5.39 Å². The monoisotopic (exact) mass is 350 g/mol. The van der Waals surface area contributed by atoms with E-state index in [0.29, 0.717) is 23.0 Å². The van der Waals surface area contributed by atoms with Gasteiger partial charge in [0.25, 0.3) is 0 Å².